The molecule has 4 aliphatic rings. The first kappa shape index (κ1) is 30.1. The van der Waals surface area contributed by atoms with Crippen LogP contribution in [0, 0.1) is 17.6 Å². The second kappa shape index (κ2) is 10.9. The molecule has 244 valence electrons. The molecule has 6 heterocycles. The van der Waals surface area contributed by atoms with Gasteiger partial charge < -0.3 is 14.7 Å². The predicted molar refractivity (Wildman–Crippen MR) is 165 cm³/mol. The maximum Gasteiger partial charge on any atom is 0.319 e. The Hall–Kier alpha value is -3.29. The third-order valence-electron chi connectivity index (χ3n) is 10.5. The second-order valence-corrected chi connectivity index (χ2v) is 14.0. The summed E-state index contributed by atoms with van der Waals surface area (Å²) < 4.78 is 66.9. The minimum atomic E-state index is -1.58. The fourth-order valence-corrected chi connectivity index (χ4v) is 8.33. The largest absolute Gasteiger partial charge is 0.461 e. The maximum absolute atomic E-state index is 17.0. The van der Waals surface area contributed by atoms with Gasteiger partial charge in [-0.1, -0.05) is 18.5 Å². The number of pyridine rings is 1. The standard InChI is InChI=1S/C32H34ClF4N7O2/c1-16-8-18(16)21-22(19-11-39-42-27(19)24(36)23(21)33)28-25(37)26-20(10-38-28)29(43-6-3-5-32(45,13-34)14-43)41-30(40-26)46-15-31-4-2-7-44(31)12-17(35)9-31/h10-11,16-18,45H,2-9,12-15H2,1H3,(H,39,42)/t16-,17+,18+,31-,32-/m0/s1. The van der Waals surface area contributed by atoms with E-state index in [0.717, 1.165) is 25.8 Å². The minimum Gasteiger partial charge on any atom is -0.461 e. The van der Waals surface area contributed by atoms with Crippen LogP contribution in [0.2, 0.25) is 5.02 Å². The highest BCUT2D eigenvalue weighted by Crippen LogP contribution is 2.55. The van der Waals surface area contributed by atoms with Crippen LogP contribution in [-0.4, -0.2) is 91.9 Å². The number of β-amino-alcohol motifs (C(OH)–C–C–N with tert-alkyl or cyclic N) is 1. The van der Waals surface area contributed by atoms with Gasteiger partial charge in [0, 0.05) is 36.7 Å². The summed E-state index contributed by atoms with van der Waals surface area (Å²) in [5, 5.41) is 18.0. The van der Waals surface area contributed by atoms with E-state index in [0.29, 0.717) is 42.4 Å². The molecule has 3 saturated heterocycles. The van der Waals surface area contributed by atoms with Crippen molar-refractivity contribution in [2.24, 2.45) is 5.92 Å². The molecule has 1 saturated carbocycles. The van der Waals surface area contributed by atoms with Crippen LogP contribution in [0.15, 0.2) is 12.4 Å². The number of aromatic amines is 1. The number of aromatic nitrogens is 5. The SMILES string of the molecule is C[C@H]1C[C@H]1c1c(Cl)c(F)c2[nH]ncc2c1-c1ncc2c(N3CCC[C@](O)(CF)C3)nc(OC[C@@]34CCCN3C[C@H](F)C4)nc2c1F. The van der Waals surface area contributed by atoms with E-state index in [9.17, 15) is 13.9 Å². The Labute approximate surface area is 267 Å². The molecule has 46 heavy (non-hydrogen) atoms. The van der Waals surface area contributed by atoms with E-state index in [2.05, 4.69) is 30.0 Å². The summed E-state index contributed by atoms with van der Waals surface area (Å²) in [6, 6.07) is -0.113. The van der Waals surface area contributed by atoms with E-state index < -0.39 is 35.6 Å². The van der Waals surface area contributed by atoms with Crippen molar-refractivity contribution in [1.82, 2.24) is 30.0 Å². The number of H-pyrrole nitrogens is 1. The van der Waals surface area contributed by atoms with Crippen molar-refractivity contribution < 1.29 is 27.4 Å². The van der Waals surface area contributed by atoms with Gasteiger partial charge in [-0.05, 0) is 56.0 Å². The summed E-state index contributed by atoms with van der Waals surface area (Å²) >= 11 is 6.59. The van der Waals surface area contributed by atoms with Crippen molar-refractivity contribution in [1.29, 1.82) is 0 Å². The Morgan fingerprint density at radius 1 is 1.13 bits per heavy atom. The molecule has 3 aromatic heterocycles. The quantitative estimate of drug-likeness (QED) is 0.237. The van der Waals surface area contributed by atoms with Crippen LogP contribution in [0.1, 0.15) is 56.9 Å². The summed E-state index contributed by atoms with van der Waals surface area (Å²) in [5.41, 5.74) is -1.37. The molecule has 8 rings (SSSR count). The van der Waals surface area contributed by atoms with Crippen LogP contribution < -0.4 is 9.64 Å². The first-order valence-electron chi connectivity index (χ1n) is 15.9. The number of piperidine rings is 1. The fourth-order valence-electron chi connectivity index (χ4n) is 8.00. The molecule has 3 aliphatic heterocycles. The lowest BCUT2D eigenvalue weighted by Crippen LogP contribution is -2.50. The van der Waals surface area contributed by atoms with Crippen LogP contribution in [0.3, 0.4) is 0 Å². The number of halogens is 5. The summed E-state index contributed by atoms with van der Waals surface area (Å²) in [5.74, 6) is -1.05. The lowest BCUT2D eigenvalue weighted by atomic mass is 9.93. The van der Waals surface area contributed by atoms with Gasteiger partial charge in [0.2, 0.25) is 0 Å². The van der Waals surface area contributed by atoms with Crippen LogP contribution in [-0.2, 0) is 0 Å². The molecule has 0 radical (unpaired) electrons. The molecule has 9 nitrogen and oxygen atoms in total. The average Bonchev–Trinajstić information content (AvgIpc) is 3.35. The molecular formula is C32H34ClF4N7O2. The zero-order chi connectivity index (χ0) is 32.0. The monoisotopic (exact) mass is 659 g/mol. The molecule has 0 bridgehead atoms. The number of nitrogens with one attached hydrogen (secondary N) is 1. The Morgan fingerprint density at radius 2 is 1.93 bits per heavy atom. The topological polar surface area (TPSA) is 103 Å². The lowest BCUT2D eigenvalue weighted by Gasteiger charge is -2.38. The van der Waals surface area contributed by atoms with E-state index >= 15 is 8.78 Å². The fraction of sp³-hybridized carbons (Fsp3) is 0.562. The van der Waals surface area contributed by atoms with Crippen molar-refractivity contribution in [2.75, 3.05) is 44.4 Å². The Kier molecular flexibility index (Phi) is 7.11. The summed E-state index contributed by atoms with van der Waals surface area (Å²) in [6.45, 7) is 2.70. The Balaban J connectivity index is 1.29. The molecule has 14 heteroatoms. The first-order chi connectivity index (χ1) is 22.1. The second-order valence-electron chi connectivity index (χ2n) is 13.7. The van der Waals surface area contributed by atoms with Crippen molar-refractivity contribution in [3.8, 4) is 17.3 Å². The lowest BCUT2D eigenvalue weighted by molar-refractivity contribution is 0.00302. The number of nitrogens with zero attached hydrogens (tertiary/aromatic N) is 6. The van der Waals surface area contributed by atoms with Crippen LogP contribution in [0.25, 0.3) is 33.1 Å². The van der Waals surface area contributed by atoms with E-state index in [1.165, 1.54) is 12.4 Å². The van der Waals surface area contributed by atoms with Crippen molar-refractivity contribution >= 4 is 39.2 Å². The number of anilines is 1. The highest BCUT2D eigenvalue weighted by molar-refractivity contribution is 6.33. The van der Waals surface area contributed by atoms with Gasteiger partial charge in [0.1, 0.15) is 47.6 Å². The molecule has 0 spiro atoms. The molecule has 2 N–H and O–H groups in total. The Bertz CT molecular complexity index is 1860. The predicted octanol–water partition coefficient (Wildman–Crippen LogP) is 5.88. The normalized spacial score (nSPS) is 29.6. The minimum absolute atomic E-state index is 0.0488. The molecule has 5 atom stereocenters. The third kappa shape index (κ3) is 4.71. The number of fused-ring (bicyclic) bond motifs is 3. The number of aliphatic hydroxyl groups is 1. The molecule has 1 aliphatic carbocycles. The summed E-state index contributed by atoms with van der Waals surface area (Å²) in [7, 11) is 0. The van der Waals surface area contributed by atoms with Crippen LogP contribution in [0.5, 0.6) is 6.01 Å². The first-order valence-corrected chi connectivity index (χ1v) is 16.2. The zero-order valence-electron chi connectivity index (χ0n) is 25.3. The number of benzene rings is 1. The van der Waals surface area contributed by atoms with Gasteiger partial charge in [-0.25, -0.2) is 17.6 Å². The Morgan fingerprint density at radius 3 is 2.72 bits per heavy atom. The van der Waals surface area contributed by atoms with Crippen LogP contribution >= 0.6 is 11.6 Å². The average molecular weight is 660 g/mol. The highest BCUT2D eigenvalue weighted by atomic mass is 35.5. The van der Waals surface area contributed by atoms with Crippen molar-refractivity contribution in [3.63, 3.8) is 0 Å². The van der Waals surface area contributed by atoms with E-state index in [1.54, 1.807) is 4.90 Å². The molecule has 0 amide bonds. The van der Waals surface area contributed by atoms with Gasteiger partial charge in [0.25, 0.3) is 0 Å². The number of alkyl halides is 2. The molecule has 4 fully saturated rings. The van der Waals surface area contributed by atoms with E-state index in [1.807, 2.05) is 6.92 Å². The van der Waals surface area contributed by atoms with Gasteiger partial charge in [-0.3, -0.25) is 15.0 Å². The van der Waals surface area contributed by atoms with Crippen molar-refractivity contribution in [3.05, 3.63) is 34.6 Å². The third-order valence-corrected chi connectivity index (χ3v) is 10.9. The number of ether oxygens (including phenoxy) is 1. The van der Waals surface area contributed by atoms with Gasteiger partial charge in [-0.15, -0.1) is 0 Å². The van der Waals surface area contributed by atoms with Gasteiger partial charge in [-0.2, -0.15) is 15.1 Å². The summed E-state index contributed by atoms with van der Waals surface area (Å²) in [6.07, 6.45) is 5.47. The number of hydrogen-bond donors (Lipinski definition) is 2. The molecule has 4 aromatic rings. The van der Waals surface area contributed by atoms with Crippen LogP contribution in [0.4, 0.5) is 23.4 Å². The van der Waals surface area contributed by atoms with E-state index in [-0.39, 0.29) is 70.4 Å². The molecular weight excluding hydrogens is 626 g/mol. The maximum atomic E-state index is 17.0. The smallest absolute Gasteiger partial charge is 0.319 e. The van der Waals surface area contributed by atoms with Crippen molar-refractivity contribution in [2.45, 2.75) is 68.7 Å². The van der Waals surface area contributed by atoms with E-state index in [4.69, 9.17) is 16.3 Å². The van der Waals surface area contributed by atoms with Gasteiger partial charge in [0.05, 0.1) is 28.7 Å². The molecule has 0 unspecified atom stereocenters. The molecule has 1 aromatic carbocycles. The highest BCUT2D eigenvalue weighted by Gasteiger charge is 2.49. The van der Waals surface area contributed by atoms with Gasteiger partial charge in [0.15, 0.2) is 11.6 Å². The zero-order valence-corrected chi connectivity index (χ0v) is 26.1. The number of hydrogen-bond acceptors (Lipinski definition) is 8. The number of rotatable bonds is 7. The van der Waals surface area contributed by atoms with Gasteiger partial charge >= 0.3 is 6.01 Å². The summed E-state index contributed by atoms with van der Waals surface area (Å²) in [4.78, 5) is 17.5.